The molecule has 0 saturated carbocycles. The van der Waals surface area contributed by atoms with Crippen LogP contribution in [0.25, 0.3) is 10.9 Å². The molecule has 2 aliphatic rings. The Morgan fingerprint density at radius 1 is 1.19 bits per heavy atom. The molecule has 2 saturated heterocycles. The van der Waals surface area contributed by atoms with Crippen LogP contribution < -0.4 is 5.32 Å². The van der Waals surface area contributed by atoms with Gasteiger partial charge in [-0.25, -0.2) is 0 Å². The summed E-state index contributed by atoms with van der Waals surface area (Å²) in [6, 6.07) is 10.9. The number of para-hydroxylation sites is 1. The summed E-state index contributed by atoms with van der Waals surface area (Å²) >= 11 is 0. The van der Waals surface area contributed by atoms with Gasteiger partial charge >= 0.3 is 0 Å². The smallest absolute Gasteiger partial charge is 0.0457 e. The molecule has 2 aliphatic heterocycles. The Labute approximate surface area is 126 Å². The van der Waals surface area contributed by atoms with E-state index < -0.39 is 0 Å². The second-order valence-corrected chi connectivity index (χ2v) is 6.81. The second-order valence-electron chi connectivity index (χ2n) is 6.81. The van der Waals surface area contributed by atoms with Crippen molar-refractivity contribution in [2.75, 3.05) is 7.05 Å². The van der Waals surface area contributed by atoms with Gasteiger partial charge in [-0.05, 0) is 44.4 Å². The van der Waals surface area contributed by atoms with Crippen molar-refractivity contribution < 1.29 is 0 Å². The van der Waals surface area contributed by atoms with Gasteiger partial charge in [-0.15, -0.1) is 0 Å². The number of hydrogen-bond donors (Lipinski definition) is 2. The summed E-state index contributed by atoms with van der Waals surface area (Å²) in [6.07, 6.45) is 8.99. The number of nitrogens with zero attached hydrogens (tertiary/aromatic N) is 1. The van der Waals surface area contributed by atoms with E-state index in [1.54, 1.807) is 0 Å². The van der Waals surface area contributed by atoms with Crippen LogP contribution in [0, 0.1) is 0 Å². The van der Waals surface area contributed by atoms with Gasteiger partial charge in [-0.1, -0.05) is 24.6 Å². The molecule has 21 heavy (non-hydrogen) atoms. The fraction of sp³-hybridized carbons (Fsp3) is 0.556. The fourth-order valence-corrected chi connectivity index (χ4v) is 4.31. The third-order valence-corrected chi connectivity index (χ3v) is 5.60. The highest BCUT2D eigenvalue weighted by Gasteiger charge is 2.35. The number of hydrogen-bond acceptors (Lipinski definition) is 2. The van der Waals surface area contributed by atoms with Crippen molar-refractivity contribution in [3.63, 3.8) is 0 Å². The van der Waals surface area contributed by atoms with Crippen molar-refractivity contribution in [1.82, 2.24) is 15.2 Å². The predicted octanol–water partition coefficient (Wildman–Crippen LogP) is 3.27. The SMILES string of the molecule is CN1C2CCCC1CC(NCc1c[nH]c3ccccc13)C2. The van der Waals surface area contributed by atoms with E-state index in [0.29, 0.717) is 6.04 Å². The molecule has 2 bridgehead atoms. The zero-order valence-corrected chi connectivity index (χ0v) is 12.8. The van der Waals surface area contributed by atoms with E-state index in [0.717, 1.165) is 18.6 Å². The van der Waals surface area contributed by atoms with E-state index in [9.17, 15) is 0 Å². The molecule has 2 aromatic rings. The van der Waals surface area contributed by atoms with Crippen molar-refractivity contribution in [3.8, 4) is 0 Å². The van der Waals surface area contributed by atoms with E-state index in [-0.39, 0.29) is 0 Å². The highest BCUT2D eigenvalue weighted by molar-refractivity contribution is 5.82. The van der Waals surface area contributed by atoms with Crippen molar-refractivity contribution >= 4 is 10.9 Å². The summed E-state index contributed by atoms with van der Waals surface area (Å²) in [4.78, 5) is 6.01. The molecule has 2 fully saturated rings. The van der Waals surface area contributed by atoms with E-state index in [1.807, 2.05) is 0 Å². The summed E-state index contributed by atoms with van der Waals surface area (Å²) in [5, 5.41) is 5.18. The molecule has 0 spiro atoms. The van der Waals surface area contributed by atoms with Crippen LogP contribution in [-0.2, 0) is 6.54 Å². The van der Waals surface area contributed by atoms with Crippen molar-refractivity contribution in [2.24, 2.45) is 0 Å². The molecule has 3 heterocycles. The highest BCUT2D eigenvalue weighted by atomic mass is 15.2. The third kappa shape index (κ3) is 2.49. The number of piperidine rings is 2. The average molecular weight is 283 g/mol. The maximum atomic E-state index is 3.82. The van der Waals surface area contributed by atoms with Crippen molar-refractivity contribution in [1.29, 1.82) is 0 Å². The van der Waals surface area contributed by atoms with Crippen LogP contribution in [0.15, 0.2) is 30.5 Å². The molecule has 2 N–H and O–H groups in total. The highest BCUT2D eigenvalue weighted by Crippen LogP contribution is 2.32. The fourth-order valence-electron chi connectivity index (χ4n) is 4.31. The normalized spacial score (nSPS) is 29.9. The first-order valence-electron chi connectivity index (χ1n) is 8.31. The molecular weight excluding hydrogens is 258 g/mol. The van der Waals surface area contributed by atoms with E-state index in [1.165, 1.54) is 48.6 Å². The molecule has 112 valence electrons. The molecule has 3 nitrogen and oxygen atoms in total. The lowest BCUT2D eigenvalue weighted by Crippen LogP contribution is -2.54. The molecule has 1 aromatic carbocycles. The maximum absolute atomic E-state index is 3.82. The Balaban J connectivity index is 1.43. The Morgan fingerprint density at radius 3 is 2.76 bits per heavy atom. The van der Waals surface area contributed by atoms with Gasteiger partial charge in [0.1, 0.15) is 0 Å². The van der Waals surface area contributed by atoms with Gasteiger partial charge in [0.05, 0.1) is 0 Å². The molecule has 3 heteroatoms. The molecule has 4 rings (SSSR count). The van der Waals surface area contributed by atoms with Gasteiger partial charge < -0.3 is 15.2 Å². The van der Waals surface area contributed by atoms with Gasteiger partial charge in [0.2, 0.25) is 0 Å². The van der Waals surface area contributed by atoms with Crippen molar-refractivity contribution in [3.05, 3.63) is 36.0 Å². The minimum atomic E-state index is 0.685. The summed E-state index contributed by atoms with van der Waals surface area (Å²) in [5.41, 5.74) is 2.64. The first-order valence-corrected chi connectivity index (χ1v) is 8.31. The Hall–Kier alpha value is -1.32. The number of rotatable bonds is 3. The lowest BCUT2D eigenvalue weighted by atomic mass is 9.82. The number of nitrogens with one attached hydrogen (secondary N) is 2. The van der Waals surface area contributed by atoms with Crippen LogP contribution in [0.3, 0.4) is 0 Å². The lowest BCUT2D eigenvalue weighted by Gasteiger charge is -2.47. The largest absolute Gasteiger partial charge is 0.361 e. The van der Waals surface area contributed by atoms with Crippen LogP contribution in [-0.4, -0.2) is 35.1 Å². The number of aromatic amines is 1. The molecule has 2 unspecified atom stereocenters. The molecule has 0 aliphatic carbocycles. The van der Waals surface area contributed by atoms with E-state index >= 15 is 0 Å². The zero-order valence-electron chi connectivity index (χ0n) is 12.8. The molecular formula is C18H25N3. The Kier molecular flexibility index (Phi) is 3.48. The monoisotopic (exact) mass is 283 g/mol. The summed E-state index contributed by atoms with van der Waals surface area (Å²) in [7, 11) is 2.32. The summed E-state index contributed by atoms with van der Waals surface area (Å²) < 4.78 is 0. The summed E-state index contributed by atoms with van der Waals surface area (Å²) in [5.74, 6) is 0. The van der Waals surface area contributed by atoms with Crippen LogP contribution in [0.2, 0.25) is 0 Å². The van der Waals surface area contributed by atoms with Gasteiger partial charge in [-0.3, -0.25) is 0 Å². The lowest BCUT2D eigenvalue weighted by molar-refractivity contribution is 0.0483. The van der Waals surface area contributed by atoms with Crippen molar-refractivity contribution in [2.45, 2.75) is 56.8 Å². The molecule has 2 atom stereocenters. The van der Waals surface area contributed by atoms with Gasteiger partial charge in [0, 0.05) is 41.8 Å². The first-order chi connectivity index (χ1) is 10.3. The van der Waals surface area contributed by atoms with E-state index in [4.69, 9.17) is 0 Å². The molecule has 0 radical (unpaired) electrons. The number of H-pyrrole nitrogens is 1. The van der Waals surface area contributed by atoms with Gasteiger partial charge in [0.15, 0.2) is 0 Å². The quantitative estimate of drug-likeness (QED) is 0.906. The predicted molar refractivity (Wildman–Crippen MR) is 87.4 cm³/mol. The second kappa shape index (κ2) is 5.47. The standard InChI is InChI=1S/C18H25N3/c1-21-15-5-4-6-16(21)10-14(9-15)19-11-13-12-20-18-8-3-2-7-17(13)18/h2-3,7-8,12,14-16,19-20H,4-6,9-11H2,1H3. The number of aromatic nitrogens is 1. The third-order valence-electron chi connectivity index (χ3n) is 5.60. The Bertz CT molecular complexity index is 604. The van der Waals surface area contributed by atoms with Crippen LogP contribution in [0.5, 0.6) is 0 Å². The van der Waals surface area contributed by atoms with Crippen LogP contribution in [0.1, 0.15) is 37.7 Å². The number of benzene rings is 1. The minimum Gasteiger partial charge on any atom is -0.361 e. The zero-order chi connectivity index (χ0) is 14.2. The van der Waals surface area contributed by atoms with E-state index in [2.05, 4.69) is 52.7 Å². The minimum absolute atomic E-state index is 0.685. The number of fused-ring (bicyclic) bond motifs is 3. The first kappa shape index (κ1) is 13.4. The average Bonchev–Trinajstić information content (AvgIpc) is 2.89. The Morgan fingerprint density at radius 2 is 1.95 bits per heavy atom. The summed E-state index contributed by atoms with van der Waals surface area (Å²) in [6.45, 7) is 0.984. The van der Waals surface area contributed by atoms with Crippen LogP contribution in [0.4, 0.5) is 0 Å². The van der Waals surface area contributed by atoms with Crippen LogP contribution >= 0.6 is 0 Å². The van der Waals surface area contributed by atoms with Gasteiger partial charge in [-0.2, -0.15) is 0 Å². The molecule has 1 aromatic heterocycles. The maximum Gasteiger partial charge on any atom is 0.0457 e. The molecule has 0 amide bonds. The topological polar surface area (TPSA) is 31.1 Å². The van der Waals surface area contributed by atoms with Gasteiger partial charge in [0.25, 0.3) is 0 Å².